The van der Waals surface area contributed by atoms with Crippen LogP contribution in [0.15, 0.2) is 29.6 Å². The van der Waals surface area contributed by atoms with Gasteiger partial charge in [0.2, 0.25) is 11.8 Å². The molecule has 0 aliphatic heterocycles. The Hall–Kier alpha value is -1.64. The van der Waals surface area contributed by atoms with E-state index >= 15 is 0 Å². The van der Waals surface area contributed by atoms with Crippen molar-refractivity contribution in [1.82, 2.24) is 4.98 Å². The molecular formula is C14H13ClFN3O2S2. The Kier molecular flexibility index (Phi) is 6.82. The van der Waals surface area contributed by atoms with Gasteiger partial charge in [-0.05, 0) is 24.3 Å². The Morgan fingerprint density at radius 1 is 1.22 bits per heavy atom. The summed E-state index contributed by atoms with van der Waals surface area (Å²) in [4.78, 5) is 27.1. The zero-order valence-electron chi connectivity index (χ0n) is 11.8. The number of hydrogen-bond acceptors (Lipinski definition) is 5. The fraction of sp³-hybridized carbons (Fsp3) is 0.214. The summed E-state index contributed by atoms with van der Waals surface area (Å²) in [5, 5.41) is 7.55. The van der Waals surface area contributed by atoms with Crippen LogP contribution in [0.3, 0.4) is 0 Å². The molecule has 2 amide bonds. The number of benzene rings is 1. The lowest BCUT2D eigenvalue weighted by Crippen LogP contribution is -2.14. The Bertz CT molecular complexity index is 679. The van der Waals surface area contributed by atoms with E-state index in [2.05, 4.69) is 15.6 Å². The molecule has 0 bridgehead atoms. The summed E-state index contributed by atoms with van der Waals surface area (Å²) in [7, 11) is 0. The highest BCUT2D eigenvalue weighted by Crippen LogP contribution is 2.20. The van der Waals surface area contributed by atoms with E-state index in [0.29, 0.717) is 16.6 Å². The van der Waals surface area contributed by atoms with Crippen molar-refractivity contribution in [2.24, 2.45) is 0 Å². The van der Waals surface area contributed by atoms with Crippen molar-refractivity contribution in [2.75, 3.05) is 22.3 Å². The van der Waals surface area contributed by atoms with Gasteiger partial charge >= 0.3 is 0 Å². The molecular weight excluding hydrogens is 361 g/mol. The van der Waals surface area contributed by atoms with Gasteiger partial charge in [-0.1, -0.05) is 0 Å². The third kappa shape index (κ3) is 6.17. The zero-order valence-corrected chi connectivity index (χ0v) is 14.2. The number of nitrogens with one attached hydrogen (secondary N) is 2. The van der Waals surface area contributed by atoms with Gasteiger partial charge < -0.3 is 10.6 Å². The molecule has 0 fully saturated rings. The maximum absolute atomic E-state index is 12.8. The summed E-state index contributed by atoms with van der Waals surface area (Å²) >= 11 is 8.10. The minimum absolute atomic E-state index is 0.118. The predicted octanol–water partition coefficient (Wildman–Crippen LogP) is 3.33. The molecule has 0 saturated heterocycles. The first-order chi connectivity index (χ1) is 11.1. The number of alkyl halides is 1. The molecule has 2 aromatic rings. The number of carbonyl (C=O) groups is 2. The molecule has 5 nitrogen and oxygen atoms in total. The molecule has 122 valence electrons. The number of thiazole rings is 1. The summed E-state index contributed by atoms with van der Waals surface area (Å²) < 4.78 is 12.8. The van der Waals surface area contributed by atoms with Crippen LogP contribution >= 0.6 is 34.7 Å². The van der Waals surface area contributed by atoms with Crippen LogP contribution in [0.5, 0.6) is 0 Å². The highest BCUT2D eigenvalue weighted by Gasteiger charge is 2.07. The van der Waals surface area contributed by atoms with E-state index < -0.39 is 0 Å². The first kappa shape index (κ1) is 17.7. The van der Waals surface area contributed by atoms with Crippen molar-refractivity contribution < 1.29 is 14.0 Å². The molecule has 0 unspecified atom stereocenters. The number of carbonyl (C=O) groups excluding carboxylic acids is 2. The smallest absolute Gasteiger partial charge is 0.241 e. The van der Waals surface area contributed by atoms with E-state index in [1.54, 1.807) is 0 Å². The zero-order chi connectivity index (χ0) is 16.7. The van der Waals surface area contributed by atoms with Crippen LogP contribution in [-0.4, -0.2) is 28.4 Å². The van der Waals surface area contributed by atoms with Crippen molar-refractivity contribution in [2.45, 2.75) is 5.75 Å². The van der Waals surface area contributed by atoms with Crippen LogP contribution in [0.25, 0.3) is 0 Å². The fourth-order valence-corrected chi connectivity index (χ4v) is 3.18. The summed E-state index contributed by atoms with van der Waals surface area (Å²) in [5.74, 6) is -0.153. The van der Waals surface area contributed by atoms with Gasteiger partial charge in [0, 0.05) is 16.8 Å². The van der Waals surface area contributed by atoms with Gasteiger partial charge in [-0.2, -0.15) is 0 Å². The van der Waals surface area contributed by atoms with Crippen LogP contribution in [0.2, 0.25) is 0 Å². The Balaban J connectivity index is 1.73. The van der Waals surface area contributed by atoms with Crippen LogP contribution in [0.1, 0.15) is 5.69 Å². The fourth-order valence-electron chi connectivity index (χ4n) is 1.56. The Labute approximate surface area is 145 Å². The first-order valence-corrected chi connectivity index (χ1v) is 9.07. The summed E-state index contributed by atoms with van der Waals surface area (Å²) in [6, 6.07) is 5.58. The molecule has 0 spiro atoms. The number of aromatic nitrogens is 1. The molecule has 1 heterocycles. The molecule has 0 radical (unpaired) electrons. The highest BCUT2D eigenvalue weighted by atomic mass is 35.5. The van der Waals surface area contributed by atoms with Crippen molar-refractivity contribution in [3.05, 3.63) is 41.2 Å². The molecule has 2 N–H and O–H groups in total. The van der Waals surface area contributed by atoms with Crippen molar-refractivity contribution in [3.8, 4) is 0 Å². The first-order valence-electron chi connectivity index (χ1n) is 6.50. The molecule has 2 rings (SSSR count). The number of nitrogens with zero attached hydrogens (tertiary/aromatic N) is 1. The lowest BCUT2D eigenvalue weighted by molar-refractivity contribution is -0.114. The lowest BCUT2D eigenvalue weighted by Gasteiger charge is -2.04. The van der Waals surface area contributed by atoms with E-state index in [1.807, 2.05) is 5.38 Å². The number of halogens is 2. The number of anilines is 2. The topological polar surface area (TPSA) is 71.1 Å². The van der Waals surface area contributed by atoms with Gasteiger partial charge in [0.05, 0.1) is 11.4 Å². The highest BCUT2D eigenvalue weighted by molar-refractivity contribution is 7.99. The monoisotopic (exact) mass is 373 g/mol. The largest absolute Gasteiger partial charge is 0.325 e. The van der Waals surface area contributed by atoms with E-state index in [9.17, 15) is 14.0 Å². The summed E-state index contributed by atoms with van der Waals surface area (Å²) in [6.45, 7) is 0. The minimum Gasteiger partial charge on any atom is -0.325 e. The predicted molar refractivity (Wildman–Crippen MR) is 92.7 cm³/mol. The Morgan fingerprint density at radius 2 is 1.96 bits per heavy atom. The maximum Gasteiger partial charge on any atom is 0.241 e. The van der Waals surface area contributed by atoms with Gasteiger partial charge in [0.1, 0.15) is 11.7 Å². The van der Waals surface area contributed by atoms with E-state index in [1.165, 1.54) is 47.4 Å². The molecule has 1 aromatic heterocycles. The van der Waals surface area contributed by atoms with E-state index in [0.717, 1.165) is 5.69 Å². The third-order valence-electron chi connectivity index (χ3n) is 2.53. The normalized spacial score (nSPS) is 10.3. The van der Waals surface area contributed by atoms with Gasteiger partial charge in [-0.25, -0.2) is 9.37 Å². The summed E-state index contributed by atoms with van der Waals surface area (Å²) in [6.07, 6.45) is 0. The lowest BCUT2D eigenvalue weighted by atomic mass is 10.3. The molecule has 23 heavy (non-hydrogen) atoms. The second kappa shape index (κ2) is 8.85. The number of hydrogen-bond donors (Lipinski definition) is 2. The molecule has 0 aliphatic rings. The third-order valence-corrected chi connectivity index (χ3v) is 4.55. The second-order valence-corrected chi connectivity index (χ2v) is 6.48. The quantitative estimate of drug-likeness (QED) is 0.730. The summed E-state index contributed by atoms with van der Waals surface area (Å²) in [5.41, 5.74) is 1.33. The Morgan fingerprint density at radius 3 is 2.65 bits per heavy atom. The number of amides is 2. The second-order valence-electron chi connectivity index (χ2n) is 4.37. The van der Waals surface area contributed by atoms with Crippen molar-refractivity contribution in [1.29, 1.82) is 0 Å². The SMILES string of the molecule is O=C(CSCc1csc(NC(=O)CCl)n1)Nc1ccc(F)cc1. The average molecular weight is 374 g/mol. The molecule has 0 saturated carbocycles. The van der Waals surface area contributed by atoms with Crippen LogP contribution in [0, 0.1) is 5.82 Å². The van der Waals surface area contributed by atoms with E-state index in [4.69, 9.17) is 11.6 Å². The van der Waals surface area contributed by atoms with Gasteiger partial charge in [0.15, 0.2) is 5.13 Å². The van der Waals surface area contributed by atoms with Crippen molar-refractivity contribution >= 4 is 57.3 Å². The van der Waals surface area contributed by atoms with Crippen LogP contribution in [0.4, 0.5) is 15.2 Å². The van der Waals surface area contributed by atoms with Gasteiger partial charge in [-0.3, -0.25) is 9.59 Å². The van der Waals surface area contributed by atoms with Crippen LogP contribution in [-0.2, 0) is 15.3 Å². The van der Waals surface area contributed by atoms with Gasteiger partial charge in [0.25, 0.3) is 0 Å². The molecule has 9 heteroatoms. The molecule has 0 atom stereocenters. The number of rotatable bonds is 7. The van der Waals surface area contributed by atoms with Crippen LogP contribution < -0.4 is 10.6 Å². The standard InChI is InChI=1S/C14H13ClFN3O2S2/c15-5-12(20)19-14-18-11(7-23-14)6-22-8-13(21)17-10-3-1-9(16)2-4-10/h1-4,7H,5-6,8H2,(H,17,21)(H,18,19,20). The van der Waals surface area contributed by atoms with Gasteiger partial charge in [-0.15, -0.1) is 34.7 Å². The maximum atomic E-state index is 12.8. The van der Waals surface area contributed by atoms with E-state index in [-0.39, 0.29) is 29.3 Å². The molecule has 0 aliphatic carbocycles. The molecule has 1 aromatic carbocycles. The average Bonchev–Trinajstić information content (AvgIpc) is 2.97. The minimum atomic E-state index is -0.349. The van der Waals surface area contributed by atoms with Crippen molar-refractivity contribution in [3.63, 3.8) is 0 Å². The number of thioether (sulfide) groups is 1.